The number of benzene rings is 2. The molecular formula is C23H22ClN3O4. The molecule has 3 aromatic rings. The molecule has 0 bridgehead atoms. The Labute approximate surface area is 184 Å². The maximum atomic E-state index is 10.9. The van der Waals surface area contributed by atoms with Crippen molar-refractivity contribution in [2.75, 3.05) is 6.54 Å². The van der Waals surface area contributed by atoms with Crippen LogP contribution in [0.25, 0.3) is 0 Å². The number of aliphatic hydroxyl groups excluding tert-OH is 1. The highest BCUT2D eigenvalue weighted by Crippen LogP contribution is 2.28. The van der Waals surface area contributed by atoms with Crippen LogP contribution < -0.4 is 10.1 Å². The average Bonchev–Trinajstić information content (AvgIpc) is 2.77. The topological polar surface area (TPSA) is 105 Å². The van der Waals surface area contributed by atoms with Gasteiger partial charge in [0.15, 0.2) is 5.69 Å². The van der Waals surface area contributed by atoms with E-state index in [0.29, 0.717) is 17.3 Å². The van der Waals surface area contributed by atoms with Crippen LogP contribution >= 0.6 is 11.6 Å². The van der Waals surface area contributed by atoms with E-state index >= 15 is 0 Å². The van der Waals surface area contributed by atoms with Crippen molar-refractivity contribution in [1.82, 2.24) is 15.3 Å². The highest BCUT2D eigenvalue weighted by atomic mass is 35.5. The first-order valence-corrected chi connectivity index (χ1v) is 10.4. The summed E-state index contributed by atoms with van der Waals surface area (Å²) in [5.74, 6) is -0.275. The third-order valence-corrected chi connectivity index (χ3v) is 5.54. The van der Waals surface area contributed by atoms with Crippen LogP contribution in [0.1, 0.15) is 39.7 Å². The number of hydrogen-bond acceptors (Lipinski definition) is 6. The molecule has 0 saturated carbocycles. The molecule has 0 spiro atoms. The number of nitrogens with zero attached hydrogens (tertiary/aromatic N) is 2. The van der Waals surface area contributed by atoms with E-state index in [-0.39, 0.29) is 17.6 Å². The van der Waals surface area contributed by atoms with Crippen molar-refractivity contribution in [2.45, 2.75) is 31.4 Å². The fraction of sp³-hybridized carbons (Fsp3) is 0.261. The van der Waals surface area contributed by atoms with Gasteiger partial charge in [0.25, 0.3) is 0 Å². The summed E-state index contributed by atoms with van der Waals surface area (Å²) in [6.07, 6.45) is 4.58. The molecule has 31 heavy (non-hydrogen) atoms. The fourth-order valence-corrected chi connectivity index (χ4v) is 3.88. The number of carboxylic acid groups (broad SMARTS) is 1. The number of aromatic nitrogens is 2. The van der Waals surface area contributed by atoms with Crippen molar-refractivity contribution in [3.8, 4) is 11.6 Å². The zero-order chi connectivity index (χ0) is 21.8. The number of fused-ring (bicyclic) bond motifs is 1. The lowest BCUT2D eigenvalue weighted by molar-refractivity contribution is 0.0690. The third kappa shape index (κ3) is 5.38. The summed E-state index contributed by atoms with van der Waals surface area (Å²) in [5, 5.41) is 23.4. The monoisotopic (exact) mass is 439 g/mol. The molecule has 4 rings (SSSR count). The van der Waals surface area contributed by atoms with Crippen LogP contribution in [0.2, 0.25) is 5.02 Å². The van der Waals surface area contributed by atoms with Gasteiger partial charge in [0.2, 0.25) is 5.88 Å². The molecule has 0 fully saturated rings. The van der Waals surface area contributed by atoms with Gasteiger partial charge in [0, 0.05) is 17.6 Å². The van der Waals surface area contributed by atoms with Crippen molar-refractivity contribution >= 4 is 17.6 Å². The number of hydrogen-bond donors (Lipinski definition) is 3. The van der Waals surface area contributed by atoms with E-state index in [1.54, 1.807) is 12.1 Å². The molecular weight excluding hydrogens is 418 g/mol. The molecule has 0 amide bonds. The van der Waals surface area contributed by atoms with Gasteiger partial charge in [0.1, 0.15) is 5.75 Å². The Hall–Kier alpha value is -3.00. The Morgan fingerprint density at radius 1 is 1.19 bits per heavy atom. The summed E-state index contributed by atoms with van der Waals surface area (Å²) in [6, 6.07) is 13.4. The Bertz CT molecular complexity index is 1070. The number of carboxylic acids is 1. The molecule has 160 valence electrons. The first-order valence-electron chi connectivity index (χ1n) is 10.00. The van der Waals surface area contributed by atoms with Crippen LogP contribution in [0.5, 0.6) is 11.6 Å². The smallest absolute Gasteiger partial charge is 0.356 e. The van der Waals surface area contributed by atoms with Gasteiger partial charge in [-0.1, -0.05) is 29.8 Å². The number of halogens is 1. The van der Waals surface area contributed by atoms with Crippen molar-refractivity contribution in [3.63, 3.8) is 0 Å². The second kappa shape index (κ2) is 9.43. The molecule has 0 unspecified atom stereocenters. The van der Waals surface area contributed by atoms with Crippen LogP contribution in [-0.4, -0.2) is 38.7 Å². The molecule has 7 nitrogen and oxygen atoms in total. The number of aliphatic hydroxyl groups is 1. The summed E-state index contributed by atoms with van der Waals surface area (Å²) < 4.78 is 5.74. The standard InChI is InChI=1S/C23H22ClN3O4/c24-17-3-1-2-15(8-17)21(28)12-25-18-6-4-14-5-7-19(10-16(14)9-18)31-22-13-26-20(11-27-22)23(29)30/h1-3,5,7-8,10-11,13,18,21,25,28H,4,6,9,12H2,(H,29,30)/t18-,21-/m0/s1. The van der Waals surface area contributed by atoms with Gasteiger partial charge in [-0.3, -0.25) is 0 Å². The average molecular weight is 440 g/mol. The first kappa shape index (κ1) is 21.2. The first-order chi connectivity index (χ1) is 15.0. The number of aryl methyl sites for hydroxylation is 1. The normalized spacial score (nSPS) is 16.4. The van der Waals surface area contributed by atoms with Gasteiger partial charge in [0.05, 0.1) is 18.5 Å². The van der Waals surface area contributed by atoms with Crippen molar-refractivity contribution in [1.29, 1.82) is 0 Å². The van der Waals surface area contributed by atoms with Crippen LogP contribution in [-0.2, 0) is 12.8 Å². The molecule has 8 heteroatoms. The third-order valence-electron chi connectivity index (χ3n) is 5.31. The van der Waals surface area contributed by atoms with E-state index in [2.05, 4.69) is 15.3 Å². The van der Waals surface area contributed by atoms with Gasteiger partial charge in [-0.15, -0.1) is 0 Å². The zero-order valence-electron chi connectivity index (χ0n) is 16.7. The second-order valence-electron chi connectivity index (χ2n) is 7.50. The van der Waals surface area contributed by atoms with Gasteiger partial charge < -0.3 is 20.3 Å². The Morgan fingerprint density at radius 2 is 2.06 bits per heavy atom. The summed E-state index contributed by atoms with van der Waals surface area (Å²) >= 11 is 6.01. The van der Waals surface area contributed by atoms with E-state index in [1.165, 1.54) is 23.5 Å². The number of rotatable bonds is 7. The number of aromatic carboxylic acids is 1. The molecule has 1 aliphatic carbocycles. The van der Waals surface area contributed by atoms with Crippen molar-refractivity contribution in [3.05, 3.63) is 82.3 Å². The van der Waals surface area contributed by atoms with Gasteiger partial charge in [-0.2, -0.15) is 0 Å². The molecule has 3 N–H and O–H groups in total. The summed E-state index contributed by atoms with van der Waals surface area (Å²) in [5.41, 5.74) is 3.11. The van der Waals surface area contributed by atoms with Crippen LogP contribution in [0.15, 0.2) is 54.9 Å². The van der Waals surface area contributed by atoms with Crippen LogP contribution in [0.3, 0.4) is 0 Å². The Kier molecular flexibility index (Phi) is 6.46. The number of ether oxygens (including phenoxy) is 1. The minimum Gasteiger partial charge on any atom is -0.476 e. The highest BCUT2D eigenvalue weighted by Gasteiger charge is 2.20. The summed E-state index contributed by atoms with van der Waals surface area (Å²) in [4.78, 5) is 18.7. The molecule has 0 radical (unpaired) electrons. The summed E-state index contributed by atoms with van der Waals surface area (Å²) in [7, 11) is 0. The predicted octanol–water partition coefficient (Wildman–Crippen LogP) is 3.80. The fourth-order valence-electron chi connectivity index (χ4n) is 3.68. The minimum atomic E-state index is -1.13. The highest BCUT2D eigenvalue weighted by molar-refractivity contribution is 6.30. The van der Waals surface area contributed by atoms with E-state index in [4.69, 9.17) is 21.4 Å². The van der Waals surface area contributed by atoms with Crippen LogP contribution in [0, 0.1) is 0 Å². The largest absolute Gasteiger partial charge is 0.476 e. The molecule has 1 aromatic heterocycles. The van der Waals surface area contributed by atoms with E-state index in [0.717, 1.165) is 24.8 Å². The second-order valence-corrected chi connectivity index (χ2v) is 7.93. The predicted molar refractivity (Wildman–Crippen MR) is 116 cm³/mol. The van der Waals surface area contributed by atoms with Crippen LogP contribution in [0.4, 0.5) is 0 Å². The van der Waals surface area contributed by atoms with E-state index in [1.807, 2.05) is 30.3 Å². The van der Waals surface area contributed by atoms with Gasteiger partial charge >= 0.3 is 5.97 Å². The van der Waals surface area contributed by atoms with Crippen molar-refractivity contribution in [2.24, 2.45) is 0 Å². The SMILES string of the molecule is O=C(O)c1cnc(Oc2ccc3c(c2)C[C@@H](NC[C@H](O)c2cccc(Cl)c2)CC3)cn1. The minimum absolute atomic E-state index is 0.133. The maximum Gasteiger partial charge on any atom is 0.356 e. The maximum absolute atomic E-state index is 10.9. The lowest BCUT2D eigenvalue weighted by Gasteiger charge is -2.27. The molecule has 1 aliphatic rings. The Morgan fingerprint density at radius 3 is 2.81 bits per heavy atom. The van der Waals surface area contributed by atoms with Gasteiger partial charge in [-0.05, 0) is 60.2 Å². The van der Waals surface area contributed by atoms with E-state index < -0.39 is 12.1 Å². The number of nitrogens with one attached hydrogen (secondary N) is 1. The van der Waals surface area contributed by atoms with Crippen molar-refractivity contribution < 1.29 is 19.7 Å². The number of carbonyl (C=O) groups is 1. The molecule has 2 aromatic carbocycles. The lowest BCUT2D eigenvalue weighted by atomic mass is 9.88. The Balaban J connectivity index is 1.37. The van der Waals surface area contributed by atoms with Gasteiger partial charge in [-0.25, -0.2) is 14.8 Å². The lowest BCUT2D eigenvalue weighted by Crippen LogP contribution is -2.37. The molecule has 0 aliphatic heterocycles. The molecule has 2 atom stereocenters. The molecule has 0 saturated heterocycles. The zero-order valence-corrected chi connectivity index (χ0v) is 17.4. The molecule has 1 heterocycles. The summed E-state index contributed by atoms with van der Waals surface area (Å²) in [6.45, 7) is 0.446. The quantitative estimate of drug-likeness (QED) is 0.514. The van der Waals surface area contributed by atoms with E-state index in [9.17, 15) is 9.90 Å².